The minimum atomic E-state index is -0.327. The van der Waals surface area contributed by atoms with Crippen molar-refractivity contribution in [2.45, 2.75) is 63.8 Å². The van der Waals surface area contributed by atoms with Crippen LogP contribution in [-0.4, -0.2) is 6.04 Å². The fraction of sp³-hybridized carbons (Fsp3) is 0.224. The highest BCUT2D eigenvalue weighted by Crippen LogP contribution is 2.48. The van der Waals surface area contributed by atoms with Crippen LogP contribution in [0.5, 0.6) is 0 Å². The van der Waals surface area contributed by atoms with Gasteiger partial charge in [0, 0.05) is 62.6 Å². The lowest BCUT2D eigenvalue weighted by Gasteiger charge is -2.43. The molecule has 6 aromatic carbocycles. The second-order valence-electron chi connectivity index (χ2n) is 15.7. The summed E-state index contributed by atoms with van der Waals surface area (Å²) >= 11 is 0. The Balaban J connectivity index is 1.09. The summed E-state index contributed by atoms with van der Waals surface area (Å²) in [5, 5.41) is 15.1. The zero-order chi connectivity index (χ0) is 36.6. The van der Waals surface area contributed by atoms with Crippen LogP contribution in [0, 0.1) is 5.92 Å². The number of nitrogens with one attached hydrogen (secondary N) is 4. The third-order valence-electron chi connectivity index (χ3n) is 11.7. The molecule has 4 N–H and O–H groups in total. The molecule has 2 heterocycles. The summed E-state index contributed by atoms with van der Waals surface area (Å²) in [5.41, 5.74) is 13.9. The van der Waals surface area contributed by atoms with Crippen molar-refractivity contribution >= 4 is 34.1 Å². The van der Waals surface area contributed by atoms with Crippen molar-refractivity contribution < 1.29 is 0 Å². The van der Waals surface area contributed by atoms with Crippen LogP contribution in [0.25, 0.3) is 0 Å². The highest BCUT2D eigenvalue weighted by molar-refractivity contribution is 5.74. The summed E-state index contributed by atoms with van der Waals surface area (Å²) in [5.74, 6) is 0.674. The molecule has 0 saturated heterocycles. The van der Waals surface area contributed by atoms with Gasteiger partial charge >= 0.3 is 0 Å². The van der Waals surface area contributed by atoms with E-state index in [1.165, 1.54) is 39.2 Å². The van der Waals surface area contributed by atoms with Gasteiger partial charge in [0.25, 0.3) is 0 Å². The molecule has 0 amide bonds. The Bertz CT molecular complexity index is 2240. The van der Waals surface area contributed by atoms with Gasteiger partial charge in [0.05, 0.1) is 0 Å². The first-order chi connectivity index (χ1) is 25.7. The number of para-hydroxylation sites is 1. The van der Waals surface area contributed by atoms with Gasteiger partial charge in [-0.3, -0.25) is 0 Å². The van der Waals surface area contributed by atoms with E-state index in [-0.39, 0.29) is 16.7 Å². The lowest BCUT2D eigenvalue weighted by Crippen LogP contribution is -2.41. The number of fused-ring (bicyclic) bond motifs is 2. The van der Waals surface area contributed by atoms with Gasteiger partial charge in [0.2, 0.25) is 0 Å². The molecule has 0 radical (unpaired) electrons. The first-order valence-corrected chi connectivity index (χ1v) is 19.1. The molecule has 53 heavy (non-hydrogen) atoms. The minimum Gasteiger partial charge on any atom is -0.382 e. The fourth-order valence-electron chi connectivity index (χ4n) is 8.40. The molecule has 2 aliphatic heterocycles. The maximum absolute atomic E-state index is 3.87. The quantitative estimate of drug-likeness (QED) is 0.122. The Morgan fingerprint density at radius 3 is 1.81 bits per heavy atom. The monoisotopic (exact) mass is 694 g/mol. The molecule has 0 aliphatic carbocycles. The van der Waals surface area contributed by atoms with Crippen LogP contribution >= 0.6 is 0 Å². The van der Waals surface area contributed by atoms with Crippen LogP contribution in [0.15, 0.2) is 163 Å². The van der Waals surface area contributed by atoms with Gasteiger partial charge in [-0.15, -0.1) is 0 Å². The van der Waals surface area contributed by atoms with Crippen LogP contribution in [-0.2, 0) is 10.8 Å². The topological polar surface area (TPSA) is 48.1 Å². The molecule has 2 aliphatic rings. The molecule has 0 aromatic heterocycles. The molecule has 0 saturated carbocycles. The van der Waals surface area contributed by atoms with Crippen LogP contribution in [0.2, 0.25) is 0 Å². The van der Waals surface area contributed by atoms with Crippen molar-refractivity contribution in [3.63, 3.8) is 0 Å². The summed E-state index contributed by atoms with van der Waals surface area (Å²) in [6.45, 7) is 11.7. The van der Waals surface area contributed by atoms with E-state index >= 15 is 0 Å². The van der Waals surface area contributed by atoms with Crippen LogP contribution in [0.4, 0.5) is 34.1 Å². The Morgan fingerprint density at radius 1 is 0.566 bits per heavy atom. The van der Waals surface area contributed by atoms with E-state index in [2.05, 4.69) is 208 Å². The fourth-order valence-corrected chi connectivity index (χ4v) is 8.40. The van der Waals surface area contributed by atoms with E-state index in [0.29, 0.717) is 12.0 Å². The zero-order valence-electron chi connectivity index (χ0n) is 31.5. The summed E-state index contributed by atoms with van der Waals surface area (Å²) in [6.07, 6.45) is 3.49. The first-order valence-electron chi connectivity index (χ1n) is 19.1. The van der Waals surface area contributed by atoms with Crippen LogP contribution < -0.4 is 21.3 Å². The summed E-state index contributed by atoms with van der Waals surface area (Å²) in [6, 6.07) is 55.1. The van der Waals surface area contributed by atoms with Crippen molar-refractivity contribution in [3.8, 4) is 0 Å². The second-order valence-corrected chi connectivity index (χ2v) is 15.7. The Morgan fingerprint density at radius 2 is 1.13 bits per heavy atom. The first kappa shape index (κ1) is 34.4. The normalized spacial score (nSPS) is 20.9. The molecule has 4 heteroatoms. The predicted octanol–water partition coefficient (Wildman–Crippen LogP) is 12.7. The van der Waals surface area contributed by atoms with E-state index in [4.69, 9.17) is 0 Å². The van der Waals surface area contributed by atoms with Crippen molar-refractivity contribution in [1.29, 1.82) is 0 Å². The van der Waals surface area contributed by atoms with Gasteiger partial charge in [-0.1, -0.05) is 119 Å². The number of anilines is 6. The predicted molar refractivity (Wildman–Crippen MR) is 225 cm³/mol. The molecule has 0 bridgehead atoms. The van der Waals surface area contributed by atoms with Crippen molar-refractivity contribution in [2.75, 3.05) is 21.3 Å². The van der Waals surface area contributed by atoms with Crippen molar-refractivity contribution in [2.24, 2.45) is 5.92 Å². The molecule has 8 rings (SSSR count). The molecular formula is C49H50N4. The van der Waals surface area contributed by atoms with Gasteiger partial charge in [0.1, 0.15) is 0 Å². The Hall–Kier alpha value is -5.74. The maximum Gasteiger partial charge on any atom is 0.0428 e. The third kappa shape index (κ3) is 6.70. The minimum absolute atomic E-state index is 0.0932. The van der Waals surface area contributed by atoms with E-state index in [9.17, 15) is 0 Å². The van der Waals surface area contributed by atoms with E-state index in [0.717, 1.165) is 34.9 Å². The molecule has 266 valence electrons. The Kier molecular flexibility index (Phi) is 9.08. The largest absolute Gasteiger partial charge is 0.382 e. The smallest absolute Gasteiger partial charge is 0.0428 e. The average molecular weight is 695 g/mol. The molecule has 4 nitrogen and oxygen atoms in total. The van der Waals surface area contributed by atoms with Gasteiger partial charge in [-0.2, -0.15) is 0 Å². The van der Waals surface area contributed by atoms with Crippen molar-refractivity contribution in [3.05, 3.63) is 191 Å². The standard InChI is InChI=1S/C49H50N4/c1-33(2)46-31-48(4,36-17-9-6-10-18-36)42-30-41(25-26-44(42)52-46)51-39-23-15-16-35(28-39)34(3)47-32-49(5,37-19-11-7-12-20-37)43-29-40(24-27-45(43)53-47)50-38-21-13-8-14-22-38/h6-30,32-34,46,50-53H,31H2,1-5H3. The Labute approximate surface area is 315 Å². The molecule has 0 fully saturated rings. The van der Waals surface area contributed by atoms with Crippen molar-refractivity contribution in [1.82, 2.24) is 0 Å². The second kappa shape index (κ2) is 14.0. The van der Waals surface area contributed by atoms with Gasteiger partial charge in [0.15, 0.2) is 0 Å². The summed E-state index contributed by atoms with van der Waals surface area (Å²) in [4.78, 5) is 0. The lowest BCUT2D eigenvalue weighted by atomic mass is 9.67. The van der Waals surface area contributed by atoms with Gasteiger partial charge in [-0.05, 0) is 114 Å². The zero-order valence-corrected chi connectivity index (χ0v) is 31.5. The maximum atomic E-state index is 3.87. The number of allylic oxidation sites excluding steroid dienone is 2. The summed E-state index contributed by atoms with van der Waals surface area (Å²) < 4.78 is 0. The number of rotatable bonds is 9. The third-order valence-corrected chi connectivity index (χ3v) is 11.7. The lowest BCUT2D eigenvalue weighted by molar-refractivity contribution is 0.387. The molecule has 4 unspecified atom stereocenters. The molecule has 4 atom stereocenters. The average Bonchev–Trinajstić information content (AvgIpc) is 3.19. The van der Waals surface area contributed by atoms with E-state index in [1.807, 2.05) is 6.07 Å². The number of hydrogen-bond donors (Lipinski definition) is 4. The number of benzene rings is 6. The number of hydrogen-bond acceptors (Lipinski definition) is 4. The van der Waals surface area contributed by atoms with Crippen LogP contribution in [0.3, 0.4) is 0 Å². The SMILES string of the molecule is CC(C1=CC(C)(c2ccccc2)c2cc(Nc3ccccc3)ccc2N1)c1cccc(Nc2ccc3c(c2)C(C)(c2ccccc2)CC(C(C)C)N3)c1. The highest BCUT2D eigenvalue weighted by atomic mass is 15.0. The highest BCUT2D eigenvalue weighted by Gasteiger charge is 2.39. The molecule has 0 spiro atoms. The van der Waals surface area contributed by atoms with Gasteiger partial charge < -0.3 is 21.3 Å². The molecular weight excluding hydrogens is 645 g/mol. The van der Waals surface area contributed by atoms with E-state index in [1.54, 1.807) is 0 Å². The molecule has 6 aromatic rings. The summed E-state index contributed by atoms with van der Waals surface area (Å²) in [7, 11) is 0. The van der Waals surface area contributed by atoms with Gasteiger partial charge in [-0.25, -0.2) is 0 Å². The van der Waals surface area contributed by atoms with Crippen LogP contribution in [0.1, 0.15) is 74.8 Å². The van der Waals surface area contributed by atoms with E-state index < -0.39 is 0 Å².